The second-order valence-corrected chi connectivity index (χ2v) is 2.82. The highest BCUT2D eigenvalue weighted by molar-refractivity contribution is 5.78. The van der Waals surface area contributed by atoms with Crippen molar-refractivity contribution in [3.05, 3.63) is 30.3 Å². The molecule has 1 aromatic rings. The zero-order valence-corrected chi connectivity index (χ0v) is 7.45. The first-order valence-corrected chi connectivity index (χ1v) is 4.02. The quantitative estimate of drug-likeness (QED) is 0.818. The maximum absolute atomic E-state index is 12.2. The summed E-state index contributed by atoms with van der Waals surface area (Å²) in [5.41, 5.74) is 0.113. The van der Waals surface area contributed by atoms with Crippen LogP contribution in [0.25, 0.3) is 0 Å². The zero-order chi connectivity index (χ0) is 11.5. The summed E-state index contributed by atoms with van der Waals surface area (Å²) in [6, 6.07) is 4.78. The number of carbonyl (C=O) groups is 1. The minimum absolute atomic E-state index is 0.113. The summed E-state index contributed by atoms with van der Waals surface area (Å²) < 4.78 is 36.6. The van der Waals surface area contributed by atoms with Gasteiger partial charge in [0.25, 0.3) is 0 Å². The number of rotatable bonds is 3. The molecule has 0 bridgehead atoms. The van der Waals surface area contributed by atoms with Gasteiger partial charge in [-0.3, -0.25) is 0 Å². The van der Waals surface area contributed by atoms with Gasteiger partial charge in [0.05, 0.1) is 0 Å². The van der Waals surface area contributed by atoms with E-state index in [1.54, 1.807) is 6.07 Å². The third-order valence-electron chi connectivity index (χ3n) is 1.66. The normalized spacial score (nSPS) is 13.3. The fourth-order valence-corrected chi connectivity index (χ4v) is 0.985. The Morgan fingerprint density at radius 2 is 1.80 bits per heavy atom. The van der Waals surface area contributed by atoms with Gasteiger partial charge in [0, 0.05) is 5.69 Å². The van der Waals surface area contributed by atoms with Gasteiger partial charge in [-0.25, -0.2) is 4.79 Å². The number of nitrogens with one attached hydrogen (secondary N) is 1. The van der Waals surface area contributed by atoms with Crippen molar-refractivity contribution in [2.45, 2.75) is 12.2 Å². The molecule has 82 valence electrons. The summed E-state index contributed by atoms with van der Waals surface area (Å²) in [4.78, 5) is 10.4. The van der Waals surface area contributed by atoms with Crippen LogP contribution in [0.5, 0.6) is 0 Å². The van der Waals surface area contributed by atoms with Crippen molar-refractivity contribution in [1.82, 2.24) is 0 Å². The van der Waals surface area contributed by atoms with E-state index in [2.05, 4.69) is 0 Å². The second kappa shape index (κ2) is 4.20. The molecule has 0 aliphatic rings. The smallest absolute Gasteiger partial charge is 0.419 e. The molecule has 1 aromatic carbocycles. The highest BCUT2D eigenvalue weighted by atomic mass is 19.4. The van der Waals surface area contributed by atoms with Crippen LogP contribution in [0.15, 0.2) is 30.3 Å². The van der Waals surface area contributed by atoms with Gasteiger partial charge >= 0.3 is 12.1 Å². The summed E-state index contributed by atoms with van der Waals surface area (Å²) >= 11 is 0. The standard InChI is InChI=1S/C9H8F3NO2/c10-9(11,12)7(8(14)15)13-6-4-2-1-3-5-6/h1-5,7,13H,(H,14,15)/t7-/m1/s1. The molecule has 0 aromatic heterocycles. The number of aliphatic carboxylic acids is 1. The van der Waals surface area contributed by atoms with Crippen LogP contribution >= 0.6 is 0 Å². The van der Waals surface area contributed by atoms with Crippen molar-refractivity contribution in [3.8, 4) is 0 Å². The molecule has 0 heterocycles. The fraction of sp³-hybridized carbons (Fsp3) is 0.222. The number of para-hydroxylation sites is 1. The van der Waals surface area contributed by atoms with Crippen LogP contribution in [0.2, 0.25) is 0 Å². The van der Waals surface area contributed by atoms with Crippen molar-refractivity contribution in [3.63, 3.8) is 0 Å². The van der Waals surface area contributed by atoms with Crippen molar-refractivity contribution < 1.29 is 23.1 Å². The number of hydrogen-bond donors (Lipinski definition) is 2. The molecular weight excluding hydrogens is 211 g/mol. The van der Waals surface area contributed by atoms with Crippen molar-refractivity contribution >= 4 is 11.7 Å². The fourth-order valence-electron chi connectivity index (χ4n) is 0.985. The van der Waals surface area contributed by atoms with E-state index in [1.165, 1.54) is 24.3 Å². The van der Waals surface area contributed by atoms with Crippen LogP contribution < -0.4 is 5.32 Å². The largest absolute Gasteiger partial charge is 0.479 e. The average molecular weight is 219 g/mol. The Balaban J connectivity index is 2.82. The van der Waals surface area contributed by atoms with E-state index in [0.29, 0.717) is 0 Å². The molecule has 1 atom stereocenters. The number of halogens is 3. The molecule has 15 heavy (non-hydrogen) atoms. The van der Waals surface area contributed by atoms with Gasteiger partial charge in [0.2, 0.25) is 6.04 Å². The molecule has 0 saturated heterocycles. The number of carboxylic acids is 1. The second-order valence-electron chi connectivity index (χ2n) is 2.82. The number of anilines is 1. The summed E-state index contributed by atoms with van der Waals surface area (Å²) in [6.45, 7) is 0. The predicted octanol–water partition coefficient (Wildman–Crippen LogP) is 2.11. The Morgan fingerprint density at radius 3 is 2.20 bits per heavy atom. The van der Waals surface area contributed by atoms with E-state index in [0.717, 1.165) is 0 Å². The maximum Gasteiger partial charge on any atom is 0.419 e. The monoisotopic (exact) mass is 219 g/mol. The van der Waals surface area contributed by atoms with Crippen LogP contribution in [-0.4, -0.2) is 23.3 Å². The maximum atomic E-state index is 12.2. The molecule has 3 nitrogen and oxygen atoms in total. The first-order chi connectivity index (χ1) is 6.91. The zero-order valence-electron chi connectivity index (χ0n) is 7.45. The number of benzene rings is 1. The molecule has 0 unspecified atom stereocenters. The van der Waals surface area contributed by atoms with Crippen LogP contribution in [0.3, 0.4) is 0 Å². The van der Waals surface area contributed by atoms with E-state index >= 15 is 0 Å². The summed E-state index contributed by atoms with van der Waals surface area (Å²) in [6.07, 6.45) is -4.82. The highest BCUT2D eigenvalue weighted by Crippen LogP contribution is 2.23. The summed E-state index contributed by atoms with van der Waals surface area (Å²) in [7, 11) is 0. The topological polar surface area (TPSA) is 49.3 Å². The molecule has 0 amide bonds. The molecule has 2 N–H and O–H groups in total. The summed E-state index contributed by atoms with van der Waals surface area (Å²) in [5, 5.41) is 10.3. The Kier molecular flexibility index (Phi) is 3.18. The van der Waals surface area contributed by atoms with Gasteiger partial charge in [-0.1, -0.05) is 18.2 Å². The van der Waals surface area contributed by atoms with Gasteiger partial charge in [-0.15, -0.1) is 0 Å². The van der Waals surface area contributed by atoms with Gasteiger partial charge in [0.1, 0.15) is 0 Å². The van der Waals surface area contributed by atoms with Crippen LogP contribution in [-0.2, 0) is 4.79 Å². The molecular formula is C9H8F3NO2. The molecule has 0 fully saturated rings. The molecule has 6 heteroatoms. The van der Waals surface area contributed by atoms with E-state index in [9.17, 15) is 18.0 Å². The first-order valence-electron chi connectivity index (χ1n) is 4.02. The lowest BCUT2D eigenvalue weighted by Crippen LogP contribution is -2.42. The van der Waals surface area contributed by atoms with Gasteiger partial charge in [0.15, 0.2) is 0 Å². The third-order valence-corrected chi connectivity index (χ3v) is 1.66. The third kappa shape index (κ3) is 3.16. The Morgan fingerprint density at radius 1 is 1.27 bits per heavy atom. The number of alkyl halides is 3. The number of hydrogen-bond acceptors (Lipinski definition) is 2. The van der Waals surface area contributed by atoms with Gasteiger partial charge < -0.3 is 10.4 Å². The van der Waals surface area contributed by atoms with Crippen LogP contribution in [0.4, 0.5) is 18.9 Å². The van der Waals surface area contributed by atoms with Crippen LogP contribution in [0.1, 0.15) is 0 Å². The van der Waals surface area contributed by atoms with Gasteiger partial charge in [-0.05, 0) is 12.1 Å². The van der Waals surface area contributed by atoms with E-state index in [1.807, 2.05) is 5.32 Å². The van der Waals surface area contributed by atoms with Gasteiger partial charge in [-0.2, -0.15) is 13.2 Å². The number of carboxylic acid groups (broad SMARTS) is 1. The van der Waals surface area contributed by atoms with Crippen molar-refractivity contribution in [2.24, 2.45) is 0 Å². The Bertz CT molecular complexity index is 337. The average Bonchev–Trinajstić information content (AvgIpc) is 2.13. The van der Waals surface area contributed by atoms with E-state index in [4.69, 9.17) is 5.11 Å². The molecule has 1 rings (SSSR count). The Labute approximate surface area is 83.5 Å². The molecule has 0 saturated carbocycles. The van der Waals surface area contributed by atoms with E-state index < -0.39 is 18.2 Å². The predicted molar refractivity (Wildman–Crippen MR) is 47.5 cm³/mol. The molecule has 0 spiro atoms. The molecule has 0 aliphatic heterocycles. The summed E-state index contributed by atoms with van der Waals surface area (Å²) in [5.74, 6) is -1.95. The van der Waals surface area contributed by atoms with Crippen molar-refractivity contribution in [2.75, 3.05) is 5.32 Å². The molecule has 0 aliphatic carbocycles. The minimum atomic E-state index is -4.82. The first kappa shape index (κ1) is 11.4. The lowest BCUT2D eigenvalue weighted by molar-refractivity contribution is -0.171. The van der Waals surface area contributed by atoms with Crippen molar-refractivity contribution in [1.29, 1.82) is 0 Å². The molecule has 0 radical (unpaired) electrons. The SMILES string of the molecule is O=C(O)[C@@H](Nc1ccccc1)C(F)(F)F. The van der Waals surface area contributed by atoms with E-state index in [-0.39, 0.29) is 5.69 Å². The Hall–Kier alpha value is -1.72. The highest BCUT2D eigenvalue weighted by Gasteiger charge is 2.45. The lowest BCUT2D eigenvalue weighted by atomic mass is 10.2. The minimum Gasteiger partial charge on any atom is -0.479 e. The van der Waals surface area contributed by atoms with Crippen LogP contribution in [0, 0.1) is 0 Å². The lowest BCUT2D eigenvalue weighted by Gasteiger charge is -2.18.